The van der Waals surface area contributed by atoms with E-state index in [0.717, 1.165) is 5.56 Å². The van der Waals surface area contributed by atoms with Gasteiger partial charge in [-0.15, -0.1) is 0 Å². The molecule has 1 aliphatic heterocycles. The van der Waals surface area contributed by atoms with E-state index < -0.39 is 0 Å². The number of aryl methyl sites for hydroxylation is 1. The Labute approximate surface area is 138 Å². The van der Waals surface area contributed by atoms with Crippen LogP contribution in [0.4, 0.5) is 11.4 Å². The Bertz CT molecular complexity index is 761. The molecule has 0 saturated heterocycles. The van der Waals surface area contributed by atoms with Crippen LogP contribution >= 0.6 is 11.6 Å². The van der Waals surface area contributed by atoms with Crippen LogP contribution in [0.1, 0.15) is 12.0 Å². The topological polar surface area (TPSA) is 67.4 Å². The maximum absolute atomic E-state index is 12.0. The zero-order chi connectivity index (χ0) is 16.2. The number of fused-ring (bicyclic) bond motifs is 1. The fraction of sp³-hybridized carbons (Fsp3) is 0.176. The molecule has 2 aromatic rings. The molecule has 0 spiro atoms. The summed E-state index contributed by atoms with van der Waals surface area (Å²) >= 11 is 6.01. The molecule has 2 N–H and O–H groups in total. The molecule has 0 radical (unpaired) electrons. The highest BCUT2D eigenvalue weighted by atomic mass is 35.5. The molecular weight excluding hydrogens is 316 g/mol. The molecular formula is C17H15ClN2O3. The Kier molecular flexibility index (Phi) is 4.48. The number of hydrogen-bond donors (Lipinski definition) is 2. The van der Waals surface area contributed by atoms with E-state index in [-0.39, 0.29) is 18.4 Å². The van der Waals surface area contributed by atoms with E-state index in [1.165, 1.54) is 0 Å². The van der Waals surface area contributed by atoms with E-state index in [9.17, 15) is 9.59 Å². The second-order valence-electron chi connectivity index (χ2n) is 5.20. The van der Waals surface area contributed by atoms with E-state index in [0.29, 0.717) is 35.0 Å². The van der Waals surface area contributed by atoms with E-state index in [1.54, 1.807) is 18.2 Å². The van der Waals surface area contributed by atoms with E-state index in [1.807, 2.05) is 24.3 Å². The summed E-state index contributed by atoms with van der Waals surface area (Å²) in [6.07, 6.45) is 0.873. The van der Waals surface area contributed by atoms with Gasteiger partial charge in [-0.25, -0.2) is 0 Å². The van der Waals surface area contributed by atoms with Gasteiger partial charge in [-0.1, -0.05) is 29.8 Å². The van der Waals surface area contributed by atoms with Gasteiger partial charge in [0, 0.05) is 6.42 Å². The fourth-order valence-electron chi connectivity index (χ4n) is 2.32. The lowest BCUT2D eigenvalue weighted by molar-refractivity contribution is -0.118. The van der Waals surface area contributed by atoms with Crippen LogP contribution in [0.25, 0.3) is 0 Å². The highest BCUT2D eigenvalue weighted by Crippen LogP contribution is 2.29. The number of nitrogens with one attached hydrogen (secondary N) is 2. The lowest BCUT2D eigenvalue weighted by Gasteiger charge is -2.18. The summed E-state index contributed by atoms with van der Waals surface area (Å²) in [5.41, 5.74) is 2.19. The maximum atomic E-state index is 12.0. The number of rotatable bonds is 4. The highest BCUT2D eigenvalue weighted by Gasteiger charge is 2.16. The number of ether oxygens (including phenoxy) is 1. The first-order valence-electron chi connectivity index (χ1n) is 7.22. The number of para-hydroxylation sites is 1. The third kappa shape index (κ3) is 3.81. The zero-order valence-corrected chi connectivity index (χ0v) is 13.0. The van der Waals surface area contributed by atoms with Gasteiger partial charge in [-0.2, -0.15) is 0 Å². The second-order valence-corrected chi connectivity index (χ2v) is 5.60. The van der Waals surface area contributed by atoms with Crippen LogP contribution in [0.2, 0.25) is 5.02 Å². The minimum atomic E-state index is -0.175. The Hall–Kier alpha value is -2.53. The number of anilines is 2. The number of carbonyl (C=O) groups is 2. The fourth-order valence-corrected chi connectivity index (χ4v) is 2.50. The highest BCUT2D eigenvalue weighted by molar-refractivity contribution is 6.33. The molecule has 0 unspecified atom stereocenters. The Balaban J connectivity index is 1.60. The van der Waals surface area contributed by atoms with Crippen molar-refractivity contribution in [3.8, 4) is 5.75 Å². The van der Waals surface area contributed by atoms with Crippen molar-refractivity contribution in [3.05, 3.63) is 53.1 Å². The molecule has 0 saturated carbocycles. The predicted molar refractivity (Wildman–Crippen MR) is 89.0 cm³/mol. The van der Waals surface area contributed by atoms with Crippen molar-refractivity contribution in [2.45, 2.75) is 12.8 Å². The van der Waals surface area contributed by atoms with Crippen molar-refractivity contribution in [1.29, 1.82) is 0 Å². The average Bonchev–Trinajstić information content (AvgIpc) is 2.54. The first kappa shape index (κ1) is 15.4. The van der Waals surface area contributed by atoms with E-state index >= 15 is 0 Å². The first-order valence-corrected chi connectivity index (χ1v) is 7.59. The molecule has 6 heteroatoms. The summed E-state index contributed by atoms with van der Waals surface area (Å²) < 4.78 is 5.30. The van der Waals surface area contributed by atoms with Gasteiger partial charge < -0.3 is 15.4 Å². The van der Waals surface area contributed by atoms with Crippen molar-refractivity contribution in [1.82, 2.24) is 0 Å². The molecule has 0 bridgehead atoms. The van der Waals surface area contributed by atoms with Crippen LogP contribution < -0.4 is 15.4 Å². The molecule has 5 nitrogen and oxygen atoms in total. The molecule has 0 aliphatic carbocycles. The molecule has 0 fully saturated rings. The Morgan fingerprint density at radius 2 is 2.09 bits per heavy atom. The lowest BCUT2D eigenvalue weighted by atomic mass is 10.1. The molecule has 3 rings (SSSR count). The van der Waals surface area contributed by atoms with E-state index in [2.05, 4.69) is 10.6 Å². The normalized spacial score (nSPS) is 12.8. The molecule has 1 heterocycles. The third-order valence-corrected chi connectivity index (χ3v) is 3.80. The van der Waals surface area contributed by atoms with Gasteiger partial charge in [0.05, 0.1) is 16.4 Å². The van der Waals surface area contributed by atoms with Gasteiger partial charge in [0.2, 0.25) is 5.91 Å². The first-order chi connectivity index (χ1) is 11.1. The molecule has 1 aliphatic rings. The van der Waals surface area contributed by atoms with Gasteiger partial charge in [-0.05, 0) is 36.2 Å². The number of amides is 2. The van der Waals surface area contributed by atoms with Gasteiger partial charge in [-0.3, -0.25) is 9.59 Å². The van der Waals surface area contributed by atoms with Crippen molar-refractivity contribution >= 4 is 34.8 Å². The van der Waals surface area contributed by atoms with E-state index in [4.69, 9.17) is 16.3 Å². The second kappa shape index (κ2) is 6.71. The number of halogens is 1. The summed E-state index contributed by atoms with van der Waals surface area (Å²) in [7, 11) is 0. The number of hydrogen-bond acceptors (Lipinski definition) is 3. The molecule has 0 aromatic heterocycles. The SMILES string of the molecule is O=C(CCc1ccc2c(c1)NC(=O)CO2)Nc1ccccc1Cl. The number of carbonyl (C=O) groups excluding carboxylic acids is 2. The van der Waals surface area contributed by atoms with Crippen molar-refractivity contribution < 1.29 is 14.3 Å². The standard InChI is InChI=1S/C17H15ClN2O3/c18-12-3-1-2-4-13(12)19-16(21)8-6-11-5-7-15-14(9-11)20-17(22)10-23-15/h1-5,7,9H,6,8,10H2,(H,19,21)(H,20,22). The largest absolute Gasteiger partial charge is 0.482 e. The molecule has 2 aromatic carbocycles. The Morgan fingerprint density at radius 1 is 1.26 bits per heavy atom. The monoisotopic (exact) mass is 330 g/mol. The number of benzene rings is 2. The summed E-state index contributed by atoms with van der Waals surface area (Å²) in [5, 5.41) is 6.05. The van der Waals surface area contributed by atoms with Gasteiger partial charge in [0.1, 0.15) is 5.75 Å². The van der Waals surface area contributed by atoms with Crippen LogP contribution in [0.5, 0.6) is 5.75 Å². The average molecular weight is 331 g/mol. The summed E-state index contributed by atoms with van der Waals surface area (Å²) in [6.45, 7) is 0.0343. The maximum Gasteiger partial charge on any atom is 0.262 e. The van der Waals surface area contributed by atoms with Gasteiger partial charge in [0.15, 0.2) is 6.61 Å². The predicted octanol–water partition coefficient (Wildman–Crippen LogP) is 3.24. The van der Waals surface area contributed by atoms with Crippen LogP contribution in [0.3, 0.4) is 0 Å². The minimum Gasteiger partial charge on any atom is -0.482 e. The van der Waals surface area contributed by atoms with Crippen molar-refractivity contribution in [2.24, 2.45) is 0 Å². The van der Waals surface area contributed by atoms with Crippen LogP contribution in [-0.4, -0.2) is 18.4 Å². The molecule has 118 valence electrons. The van der Waals surface area contributed by atoms with Crippen LogP contribution in [-0.2, 0) is 16.0 Å². The van der Waals surface area contributed by atoms with Gasteiger partial charge >= 0.3 is 0 Å². The summed E-state index contributed by atoms with van der Waals surface area (Å²) in [6, 6.07) is 12.6. The van der Waals surface area contributed by atoms with Crippen LogP contribution in [0.15, 0.2) is 42.5 Å². The van der Waals surface area contributed by atoms with Gasteiger partial charge in [0.25, 0.3) is 5.91 Å². The summed E-state index contributed by atoms with van der Waals surface area (Å²) in [4.78, 5) is 23.3. The Morgan fingerprint density at radius 3 is 2.91 bits per heavy atom. The lowest BCUT2D eigenvalue weighted by Crippen LogP contribution is -2.25. The van der Waals surface area contributed by atoms with Crippen molar-refractivity contribution in [3.63, 3.8) is 0 Å². The molecule has 0 atom stereocenters. The quantitative estimate of drug-likeness (QED) is 0.904. The zero-order valence-electron chi connectivity index (χ0n) is 12.3. The van der Waals surface area contributed by atoms with Crippen molar-refractivity contribution in [2.75, 3.05) is 17.2 Å². The van der Waals surface area contributed by atoms with Crippen LogP contribution in [0, 0.1) is 0 Å². The molecule has 23 heavy (non-hydrogen) atoms. The summed E-state index contributed by atoms with van der Waals surface area (Å²) in [5.74, 6) is 0.357. The molecule has 2 amide bonds. The smallest absolute Gasteiger partial charge is 0.262 e. The third-order valence-electron chi connectivity index (χ3n) is 3.47. The minimum absolute atomic E-state index is 0.0343.